The number of carbonyl (C=O) groups excluding carboxylic acids is 1. The van der Waals surface area contributed by atoms with Crippen LogP contribution in [0.15, 0.2) is 42.1 Å². The number of aromatic nitrogens is 1. The van der Waals surface area contributed by atoms with Crippen molar-refractivity contribution in [1.82, 2.24) is 4.57 Å². The van der Waals surface area contributed by atoms with E-state index in [2.05, 4.69) is 29.8 Å². The largest absolute Gasteiger partial charge is 0.337 e. The van der Waals surface area contributed by atoms with Crippen LogP contribution in [0.1, 0.15) is 26.4 Å². The van der Waals surface area contributed by atoms with Crippen LogP contribution < -0.4 is 0 Å². The molecule has 88 valence electrons. The van der Waals surface area contributed by atoms with Gasteiger partial charge in [-0.05, 0) is 37.5 Å². The van der Waals surface area contributed by atoms with Crippen LogP contribution in [0.5, 0.6) is 0 Å². The first kappa shape index (κ1) is 10.3. The number of rotatable bonds is 3. The van der Waals surface area contributed by atoms with Gasteiger partial charge in [0, 0.05) is 18.5 Å². The molecule has 1 aromatic heterocycles. The number of nitrogens with zero attached hydrogens (tertiary/aromatic N) is 1. The second-order valence-corrected chi connectivity index (χ2v) is 4.71. The van der Waals surface area contributed by atoms with Crippen LogP contribution in [0.2, 0.25) is 0 Å². The van der Waals surface area contributed by atoms with Gasteiger partial charge in [0.15, 0.2) is 5.78 Å². The normalized spacial score (nSPS) is 15.8. The molecule has 1 unspecified atom stereocenters. The van der Waals surface area contributed by atoms with Gasteiger partial charge in [0.2, 0.25) is 0 Å². The molecule has 2 nitrogen and oxygen atoms in total. The van der Waals surface area contributed by atoms with Gasteiger partial charge in [-0.3, -0.25) is 4.79 Å². The van der Waals surface area contributed by atoms with Gasteiger partial charge in [-0.15, -0.1) is 0 Å². The van der Waals surface area contributed by atoms with Crippen LogP contribution in [0.25, 0.3) is 10.9 Å². The van der Waals surface area contributed by atoms with Crippen molar-refractivity contribution in [1.29, 1.82) is 0 Å². The van der Waals surface area contributed by atoms with E-state index < -0.39 is 0 Å². The molecule has 1 atom stereocenters. The minimum Gasteiger partial charge on any atom is -0.337 e. The van der Waals surface area contributed by atoms with Gasteiger partial charge in [-0.1, -0.05) is 24.3 Å². The highest BCUT2D eigenvalue weighted by atomic mass is 16.1. The fraction of sp³-hybridized carbons (Fsp3) is 0.267. The smallest absolute Gasteiger partial charge is 0.181 e. The number of allylic oxidation sites excluding steroid dienone is 2. The number of ketones is 1. The number of benzene rings is 1. The van der Waals surface area contributed by atoms with E-state index in [9.17, 15) is 4.79 Å². The quantitative estimate of drug-likeness (QED) is 0.784. The van der Waals surface area contributed by atoms with Gasteiger partial charge in [-0.2, -0.15) is 0 Å². The molecule has 0 saturated carbocycles. The maximum absolute atomic E-state index is 12.1. The summed E-state index contributed by atoms with van der Waals surface area (Å²) in [4.78, 5) is 12.1. The third-order valence-electron chi connectivity index (χ3n) is 3.46. The third-order valence-corrected chi connectivity index (χ3v) is 3.46. The summed E-state index contributed by atoms with van der Waals surface area (Å²) in [6.07, 6.45) is 4.95. The Hall–Kier alpha value is -1.83. The molecule has 3 rings (SSSR count). The Balaban J connectivity index is 0.00000120. The predicted octanol–water partition coefficient (Wildman–Crippen LogP) is 3.66. The topological polar surface area (TPSA) is 22.0 Å². The molecule has 0 radical (unpaired) electrons. The molecule has 2 heteroatoms. The Morgan fingerprint density at radius 1 is 1.41 bits per heavy atom. The summed E-state index contributed by atoms with van der Waals surface area (Å²) in [5, 5.41) is 1.23. The highest BCUT2D eigenvalue weighted by Gasteiger charge is 2.24. The zero-order chi connectivity index (χ0) is 12.0. The van der Waals surface area contributed by atoms with E-state index in [1.807, 2.05) is 25.1 Å². The van der Waals surface area contributed by atoms with E-state index in [-0.39, 0.29) is 13.3 Å². The number of hydrogen-bond acceptors (Lipinski definition) is 1. The summed E-state index contributed by atoms with van der Waals surface area (Å²) in [5.41, 5.74) is 3.35. The molecule has 0 amide bonds. The highest BCUT2D eigenvalue weighted by Crippen LogP contribution is 2.29. The summed E-state index contributed by atoms with van der Waals surface area (Å²) >= 11 is 0. The molecule has 0 saturated heterocycles. The average Bonchev–Trinajstić information content (AvgIpc) is 3.14. The van der Waals surface area contributed by atoms with Crippen LogP contribution in [-0.2, 0) is 4.79 Å². The maximum atomic E-state index is 12.1. The van der Waals surface area contributed by atoms with E-state index in [1.54, 1.807) is 0 Å². The average molecular weight is 227 g/mol. The van der Waals surface area contributed by atoms with Gasteiger partial charge in [0.25, 0.3) is 0 Å². The van der Waals surface area contributed by atoms with E-state index in [4.69, 9.17) is 0 Å². The molecule has 0 N–H and O–H groups in total. The Bertz CT molecular complexity index is 639. The van der Waals surface area contributed by atoms with Crippen molar-refractivity contribution >= 4 is 16.7 Å². The van der Waals surface area contributed by atoms with E-state index in [1.165, 1.54) is 10.9 Å². The molecule has 1 aliphatic carbocycles. The lowest BCUT2D eigenvalue weighted by molar-refractivity contribution is -0.117. The van der Waals surface area contributed by atoms with Gasteiger partial charge in [0.1, 0.15) is 0 Å². The van der Waals surface area contributed by atoms with Gasteiger partial charge in [-0.25, -0.2) is 0 Å². The number of carbonyl (C=O) groups is 1. The number of Topliss-reactive ketones (excluding diaryl/α,β-unsaturated/α-hetero) is 1. The lowest BCUT2D eigenvalue weighted by Crippen LogP contribution is -2.14. The second-order valence-electron chi connectivity index (χ2n) is 4.71. The molecular weight excluding hydrogens is 210 g/mol. The minimum atomic E-state index is -0.0950. The molecular formula is C15H17NO. The molecule has 0 bridgehead atoms. The molecule has 2 aromatic rings. The van der Waals surface area contributed by atoms with Crippen LogP contribution >= 0.6 is 0 Å². The molecule has 17 heavy (non-hydrogen) atoms. The summed E-state index contributed by atoms with van der Waals surface area (Å²) < 4.78 is 2.09. The number of aryl methyl sites for hydroxylation is 1. The van der Waals surface area contributed by atoms with Crippen LogP contribution in [0.3, 0.4) is 0 Å². The van der Waals surface area contributed by atoms with Crippen molar-refractivity contribution in [2.24, 2.45) is 0 Å². The van der Waals surface area contributed by atoms with E-state index in [0.29, 0.717) is 0 Å². The standard InChI is InChI=1S/C15H15NO.H2/c1-10-9-16(11(2)15(17)12-7-8-12)14-6-4-3-5-13(10)14;/h3-7,9,11H,8H2,1-2H3;1H. The summed E-state index contributed by atoms with van der Waals surface area (Å²) in [6, 6.07) is 8.14. The highest BCUT2D eigenvalue weighted by molar-refractivity contribution is 6.02. The third kappa shape index (κ3) is 1.60. The lowest BCUT2D eigenvalue weighted by Gasteiger charge is -2.12. The fourth-order valence-corrected chi connectivity index (χ4v) is 2.35. The summed E-state index contributed by atoms with van der Waals surface area (Å²) in [7, 11) is 0. The van der Waals surface area contributed by atoms with Gasteiger partial charge < -0.3 is 4.57 Å². The Morgan fingerprint density at radius 2 is 2.12 bits per heavy atom. The Morgan fingerprint density at radius 3 is 2.82 bits per heavy atom. The SMILES string of the molecule is Cc1cn(C(C)C(=O)C2=CC2)c2ccccc12.[HH]. The van der Waals surface area contributed by atoms with Crippen LogP contribution in [0.4, 0.5) is 0 Å². The second kappa shape index (κ2) is 3.59. The Kier molecular flexibility index (Phi) is 2.18. The van der Waals surface area contributed by atoms with Gasteiger partial charge in [0.05, 0.1) is 6.04 Å². The van der Waals surface area contributed by atoms with Crippen molar-refractivity contribution in [3.05, 3.63) is 47.7 Å². The molecule has 0 spiro atoms. The summed E-state index contributed by atoms with van der Waals surface area (Å²) in [5.74, 6) is 0.255. The van der Waals surface area contributed by atoms with Crippen molar-refractivity contribution in [3.8, 4) is 0 Å². The molecule has 1 aromatic carbocycles. The first-order valence-corrected chi connectivity index (χ1v) is 5.98. The molecule has 0 fully saturated rings. The lowest BCUT2D eigenvalue weighted by atomic mass is 10.1. The maximum Gasteiger partial charge on any atom is 0.181 e. The number of para-hydroxylation sites is 1. The zero-order valence-electron chi connectivity index (χ0n) is 10.1. The first-order chi connectivity index (χ1) is 8.18. The minimum absolute atomic E-state index is 0. The predicted molar refractivity (Wildman–Crippen MR) is 71.2 cm³/mol. The van der Waals surface area contributed by atoms with Gasteiger partial charge >= 0.3 is 0 Å². The molecule has 1 heterocycles. The molecule has 0 aliphatic heterocycles. The van der Waals surface area contributed by atoms with Crippen molar-refractivity contribution in [3.63, 3.8) is 0 Å². The van der Waals surface area contributed by atoms with E-state index >= 15 is 0 Å². The Labute approximate surface area is 102 Å². The monoisotopic (exact) mass is 227 g/mol. The molecule has 1 aliphatic rings. The zero-order valence-corrected chi connectivity index (χ0v) is 10.1. The van der Waals surface area contributed by atoms with Crippen LogP contribution in [0, 0.1) is 6.92 Å². The number of fused-ring (bicyclic) bond motifs is 1. The van der Waals surface area contributed by atoms with Crippen molar-refractivity contribution in [2.45, 2.75) is 26.3 Å². The number of hydrogen-bond donors (Lipinski definition) is 0. The fourth-order valence-electron chi connectivity index (χ4n) is 2.35. The van der Waals surface area contributed by atoms with Crippen molar-refractivity contribution < 1.29 is 6.22 Å². The first-order valence-electron chi connectivity index (χ1n) is 5.98. The summed E-state index contributed by atoms with van der Waals surface area (Å²) in [6.45, 7) is 4.07. The van der Waals surface area contributed by atoms with E-state index in [0.717, 1.165) is 17.5 Å². The van der Waals surface area contributed by atoms with Crippen molar-refractivity contribution in [2.75, 3.05) is 0 Å². The van der Waals surface area contributed by atoms with Crippen LogP contribution in [-0.4, -0.2) is 10.4 Å².